The quantitative estimate of drug-likeness (QED) is 0.826. The van der Waals surface area contributed by atoms with Gasteiger partial charge >= 0.3 is 0 Å². The number of rotatable bonds is 4. The highest BCUT2D eigenvalue weighted by Crippen LogP contribution is 2.21. The number of aliphatic hydroxyl groups is 1. The summed E-state index contributed by atoms with van der Waals surface area (Å²) in [6.45, 7) is 3.50. The normalized spacial score (nSPS) is 23.8. The molecule has 1 fully saturated rings. The van der Waals surface area contributed by atoms with Crippen LogP contribution in [0.3, 0.4) is 0 Å². The van der Waals surface area contributed by atoms with Gasteiger partial charge in [-0.2, -0.15) is 8.42 Å². The zero-order valence-corrected chi connectivity index (χ0v) is 12.2. The molecule has 2 atom stereocenters. The van der Waals surface area contributed by atoms with Gasteiger partial charge in [0, 0.05) is 0 Å². The average molecular weight is 302 g/mol. The number of aryl methyl sites for hydroxylation is 2. The van der Waals surface area contributed by atoms with E-state index in [1.165, 1.54) is 6.07 Å². The number of benzene rings is 1. The van der Waals surface area contributed by atoms with Crippen LogP contribution in [0.5, 0.6) is 0 Å². The fourth-order valence-corrected chi connectivity index (χ4v) is 3.14. The highest BCUT2D eigenvalue weighted by Gasteiger charge is 2.28. The van der Waals surface area contributed by atoms with Crippen LogP contribution < -0.4 is 0 Å². The summed E-state index contributed by atoms with van der Waals surface area (Å²) in [5.41, 5.74) is 1.60. The molecule has 1 aliphatic rings. The molecule has 0 unspecified atom stereocenters. The summed E-state index contributed by atoms with van der Waals surface area (Å²) in [6, 6.07) is 5.00. The lowest BCUT2D eigenvalue weighted by molar-refractivity contribution is -0.205. The standard InChI is InChI=1S/C13H18O6S/c1-9-3-4-12(10(2)5-9)20(15,16)19-13-8-17-11(6-14)7-18-13/h3-5,11,13-14H,6-8H2,1-2H3/t11-,13-/m0/s1. The zero-order chi connectivity index (χ0) is 14.8. The summed E-state index contributed by atoms with van der Waals surface area (Å²) in [7, 11) is -3.90. The van der Waals surface area contributed by atoms with Gasteiger partial charge in [-0.15, -0.1) is 0 Å². The van der Waals surface area contributed by atoms with Crippen molar-refractivity contribution in [2.24, 2.45) is 0 Å². The first-order chi connectivity index (χ1) is 9.42. The number of hydrogen-bond acceptors (Lipinski definition) is 6. The molecule has 1 N–H and O–H groups in total. The van der Waals surface area contributed by atoms with Gasteiger partial charge in [0.1, 0.15) is 6.10 Å². The molecule has 0 aromatic heterocycles. The Morgan fingerprint density at radius 1 is 1.30 bits per heavy atom. The first-order valence-electron chi connectivity index (χ1n) is 6.27. The molecule has 0 spiro atoms. The fourth-order valence-electron chi connectivity index (χ4n) is 1.96. The monoisotopic (exact) mass is 302 g/mol. The molecule has 0 bridgehead atoms. The van der Waals surface area contributed by atoms with Crippen LogP contribution in [0.1, 0.15) is 11.1 Å². The van der Waals surface area contributed by atoms with Crippen molar-refractivity contribution in [2.45, 2.75) is 31.1 Å². The van der Waals surface area contributed by atoms with E-state index in [1.54, 1.807) is 19.1 Å². The van der Waals surface area contributed by atoms with Crippen LogP contribution in [0, 0.1) is 13.8 Å². The smallest absolute Gasteiger partial charge is 0.299 e. The molecule has 7 heteroatoms. The Hall–Kier alpha value is -0.990. The summed E-state index contributed by atoms with van der Waals surface area (Å²) < 4.78 is 39.8. The molecule has 1 aliphatic heterocycles. The van der Waals surface area contributed by atoms with E-state index in [0.717, 1.165) is 5.56 Å². The van der Waals surface area contributed by atoms with Crippen LogP contribution in [0.2, 0.25) is 0 Å². The SMILES string of the molecule is Cc1ccc(S(=O)(=O)O[C@H]2CO[C@@H](CO)CO2)c(C)c1. The molecule has 6 nitrogen and oxygen atoms in total. The van der Waals surface area contributed by atoms with Crippen molar-refractivity contribution in [3.05, 3.63) is 29.3 Å². The van der Waals surface area contributed by atoms with E-state index in [-0.39, 0.29) is 24.7 Å². The summed E-state index contributed by atoms with van der Waals surface area (Å²) in [5.74, 6) is 0. The summed E-state index contributed by atoms with van der Waals surface area (Å²) in [4.78, 5) is 0.121. The van der Waals surface area contributed by atoms with Gasteiger partial charge in [-0.25, -0.2) is 4.18 Å². The van der Waals surface area contributed by atoms with Crippen molar-refractivity contribution in [3.8, 4) is 0 Å². The van der Waals surface area contributed by atoms with Gasteiger partial charge < -0.3 is 14.6 Å². The Balaban J connectivity index is 2.08. The van der Waals surface area contributed by atoms with Crippen molar-refractivity contribution in [1.29, 1.82) is 0 Å². The predicted molar refractivity (Wildman–Crippen MR) is 70.8 cm³/mol. The Labute approximate surface area is 118 Å². The van der Waals surface area contributed by atoms with Crippen molar-refractivity contribution in [2.75, 3.05) is 19.8 Å². The first kappa shape index (κ1) is 15.4. The molecule has 0 aliphatic carbocycles. The van der Waals surface area contributed by atoms with Crippen molar-refractivity contribution in [3.63, 3.8) is 0 Å². The van der Waals surface area contributed by atoms with Crippen LogP contribution in [0.4, 0.5) is 0 Å². The maximum absolute atomic E-state index is 12.2. The molecule has 112 valence electrons. The first-order valence-corrected chi connectivity index (χ1v) is 7.68. The topological polar surface area (TPSA) is 82.1 Å². The van der Waals surface area contributed by atoms with E-state index in [4.69, 9.17) is 18.8 Å². The van der Waals surface area contributed by atoms with E-state index in [9.17, 15) is 8.42 Å². The Kier molecular flexibility index (Phi) is 4.77. The maximum Gasteiger partial charge on any atom is 0.299 e. The Morgan fingerprint density at radius 3 is 2.60 bits per heavy atom. The molecule has 20 heavy (non-hydrogen) atoms. The molecule has 2 rings (SSSR count). The minimum absolute atomic E-state index is 0.0324. The largest absolute Gasteiger partial charge is 0.394 e. The summed E-state index contributed by atoms with van der Waals surface area (Å²) in [5, 5.41) is 8.89. The zero-order valence-electron chi connectivity index (χ0n) is 11.4. The minimum Gasteiger partial charge on any atom is -0.394 e. The summed E-state index contributed by atoms with van der Waals surface area (Å²) >= 11 is 0. The van der Waals surface area contributed by atoms with Gasteiger partial charge in [-0.3, -0.25) is 0 Å². The van der Waals surface area contributed by atoms with Gasteiger partial charge in [0.2, 0.25) is 0 Å². The Bertz CT molecular complexity index is 560. The molecule has 1 aromatic carbocycles. The van der Waals surface area contributed by atoms with Crippen LogP contribution in [0.15, 0.2) is 23.1 Å². The minimum atomic E-state index is -3.90. The van der Waals surface area contributed by atoms with Crippen LogP contribution in [-0.4, -0.2) is 45.7 Å². The predicted octanol–water partition coefficient (Wildman–Crippen LogP) is 0.743. The second-order valence-electron chi connectivity index (χ2n) is 4.72. The van der Waals surface area contributed by atoms with E-state index in [2.05, 4.69) is 0 Å². The van der Waals surface area contributed by atoms with Crippen LogP contribution in [0.25, 0.3) is 0 Å². The molecule has 0 amide bonds. The molecule has 0 radical (unpaired) electrons. The van der Waals surface area contributed by atoms with E-state index in [1.807, 2.05) is 6.92 Å². The van der Waals surface area contributed by atoms with Crippen molar-refractivity contribution < 1.29 is 27.2 Å². The maximum atomic E-state index is 12.2. The van der Waals surface area contributed by atoms with Crippen LogP contribution >= 0.6 is 0 Å². The van der Waals surface area contributed by atoms with Crippen molar-refractivity contribution >= 4 is 10.1 Å². The molecular formula is C13H18O6S. The lowest BCUT2D eigenvalue weighted by Gasteiger charge is -2.27. The summed E-state index contributed by atoms with van der Waals surface area (Å²) in [6.07, 6.45) is -1.41. The lowest BCUT2D eigenvalue weighted by atomic mass is 10.2. The van der Waals surface area contributed by atoms with Crippen LogP contribution in [-0.2, 0) is 23.8 Å². The second kappa shape index (κ2) is 6.19. The van der Waals surface area contributed by atoms with Gasteiger partial charge in [0.05, 0.1) is 24.7 Å². The molecule has 1 heterocycles. The van der Waals surface area contributed by atoms with Gasteiger partial charge in [-0.1, -0.05) is 17.7 Å². The third-order valence-corrected chi connectivity index (χ3v) is 4.44. The number of hydrogen-bond donors (Lipinski definition) is 1. The number of aliphatic hydroxyl groups excluding tert-OH is 1. The average Bonchev–Trinajstić information content (AvgIpc) is 2.38. The second-order valence-corrected chi connectivity index (χ2v) is 6.26. The van der Waals surface area contributed by atoms with Crippen molar-refractivity contribution in [1.82, 2.24) is 0 Å². The van der Waals surface area contributed by atoms with E-state index < -0.39 is 22.5 Å². The lowest BCUT2D eigenvalue weighted by Crippen LogP contribution is -2.40. The van der Waals surface area contributed by atoms with E-state index >= 15 is 0 Å². The van der Waals surface area contributed by atoms with Gasteiger partial charge in [0.25, 0.3) is 10.1 Å². The highest BCUT2D eigenvalue weighted by molar-refractivity contribution is 7.86. The van der Waals surface area contributed by atoms with E-state index in [0.29, 0.717) is 5.56 Å². The molecular weight excluding hydrogens is 284 g/mol. The fraction of sp³-hybridized carbons (Fsp3) is 0.538. The third-order valence-electron chi connectivity index (χ3n) is 2.97. The third kappa shape index (κ3) is 3.56. The highest BCUT2D eigenvalue weighted by atomic mass is 32.2. The Morgan fingerprint density at radius 2 is 2.05 bits per heavy atom. The van der Waals surface area contributed by atoms with Gasteiger partial charge in [-0.05, 0) is 25.5 Å². The number of ether oxygens (including phenoxy) is 2. The molecule has 0 saturated carbocycles. The molecule has 1 aromatic rings. The van der Waals surface area contributed by atoms with Gasteiger partial charge in [0.15, 0.2) is 6.29 Å². The molecule has 1 saturated heterocycles.